The molecule has 0 aliphatic carbocycles. The SMILES string of the molecule is CCCCOCCCNC(=O)C(CSc1ccc(Oc2ccccc2)cc1)NC(C)=O. The van der Waals surface area contributed by atoms with Gasteiger partial charge in [-0.2, -0.15) is 0 Å². The van der Waals surface area contributed by atoms with Crippen LogP contribution in [-0.4, -0.2) is 43.4 Å². The molecule has 1 unspecified atom stereocenters. The van der Waals surface area contributed by atoms with E-state index in [9.17, 15) is 9.59 Å². The minimum atomic E-state index is -0.594. The van der Waals surface area contributed by atoms with Crippen LogP contribution in [0.15, 0.2) is 59.5 Å². The summed E-state index contributed by atoms with van der Waals surface area (Å²) in [5.74, 6) is 1.56. The molecule has 0 aliphatic heterocycles. The molecule has 0 saturated heterocycles. The summed E-state index contributed by atoms with van der Waals surface area (Å²) in [6.45, 7) is 5.44. The van der Waals surface area contributed by atoms with Gasteiger partial charge < -0.3 is 20.1 Å². The third kappa shape index (κ3) is 10.4. The highest BCUT2D eigenvalue weighted by Crippen LogP contribution is 2.25. The molecule has 7 heteroatoms. The number of carbonyl (C=O) groups is 2. The predicted molar refractivity (Wildman–Crippen MR) is 125 cm³/mol. The highest BCUT2D eigenvalue weighted by atomic mass is 32.2. The molecule has 0 fully saturated rings. The summed E-state index contributed by atoms with van der Waals surface area (Å²) in [7, 11) is 0. The van der Waals surface area contributed by atoms with E-state index in [1.807, 2.05) is 54.6 Å². The van der Waals surface area contributed by atoms with Gasteiger partial charge in [-0.25, -0.2) is 0 Å². The molecule has 0 aromatic heterocycles. The molecule has 6 nitrogen and oxygen atoms in total. The number of ether oxygens (including phenoxy) is 2. The van der Waals surface area contributed by atoms with E-state index in [4.69, 9.17) is 9.47 Å². The van der Waals surface area contributed by atoms with Crippen LogP contribution in [0.2, 0.25) is 0 Å². The molecule has 0 spiro atoms. The van der Waals surface area contributed by atoms with E-state index in [0.29, 0.717) is 18.9 Å². The second-order valence-corrected chi connectivity index (χ2v) is 8.15. The van der Waals surface area contributed by atoms with Crippen LogP contribution in [0.5, 0.6) is 11.5 Å². The molecule has 2 aromatic carbocycles. The first-order chi connectivity index (χ1) is 15.1. The molecule has 31 heavy (non-hydrogen) atoms. The highest BCUT2D eigenvalue weighted by Gasteiger charge is 2.19. The number of carbonyl (C=O) groups excluding carboxylic acids is 2. The van der Waals surface area contributed by atoms with Crippen molar-refractivity contribution < 1.29 is 19.1 Å². The van der Waals surface area contributed by atoms with Crippen molar-refractivity contribution >= 4 is 23.6 Å². The van der Waals surface area contributed by atoms with E-state index >= 15 is 0 Å². The molecular formula is C24H32N2O4S. The third-order valence-electron chi connectivity index (χ3n) is 4.32. The second-order valence-electron chi connectivity index (χ2n) is 7.06. The lowest BCUT2D eigenvalue weighted by molar-refractivity contribution is -0.127. The standard InChI is InChI=1S/C24H32N2O4S/c1-3-4-16-29-17-8-15-25-24(28)23(26-19(2)27)18-31-22-13-11-21(12-14-22)30-20-9-6-5-7-10-20/h5-7,9-14,23H,3-4,8,15-18H2,1-2H3,(H,25,28)(H,26,27). The molecule has 1 atom stereocenters. The summed E-state index contributed by atoms with van der Waals surface area (Å²) in [5, 5.41) is 5.62. The Morgan fingerprint density at radius 1 is 0.968 bits per heavy atom. The summed E-state index contributed by atoms with van der Waals surface area (Å²) in [4.78, 5) is 25.0. The number of hydrogen-bond donors (Lipinski definition) is 2. The number of rotatable bonds is 14. The van der Waals surface area contributed by atoms with Gasteiger partial charge >= 0.3 is 0 Å². The Morgan fingerprint density at radius 2 is 1.65 bits per heavy atom. The first kappa shape index (κ1) is 24.8. The molecule has 2 aromatic rings. The molecule has 0 heterocycles. The Balaban J connectivity index is 1.78. The highest BCUT2D eigenvalue weighted by molar-refractivity contribution is 7.99. The Bertz CT molecular complexity index is 784. The summed E-state index contributed by atoms with van der Waals surface area (Å²) in [6.07, 6.45) is 2.90. The summed E-state index contributed by atoms with van der Waals surface area (Å²) in [5.41, 5.74) is 0. The molecular weight excluding hydrogens is 412 g/mol. The number of unbranched alkanes of at least 4 members (excludes halogenated alkanes) is 1. The summed E-state index contributed by atoms with van der Waals surface area (Å²) in [6, 6.07) is 16.7. The van der Waals surface area contributed by atoms with Gasteiger partial charge in [0.25, 0.3) is 0 Å². The normalized spacial score (nSPS) is 11.5. The van der Waals surface area contributed by atoms with Gasteiger partial charge in [-0.1, -0.05) is 31.5 Å². The largest absolute Gasteiger partial charge is 0.457 e. The molecule has 0 radical (unpaired) electrons. The Kier molecular flexibility index (Phi) is 11.6. The molecule has 168 valence electrons. The maximum absolute atomic E-state index is 12.5. The zero-order valence-corrected chi connectivity index (χ0v) is 19.1. The van der Waals surface area contributed by atoms with Crippen molar-refractivity contribution in [2.24, 2.45) is 0 Å². The van der Waals surface area contributed by atoms with E-state index in [-0.39, 0.29) is 11.8 Å². The topological polar surface area (TPSA) is 76.7 Å². The number of thioether (sulfide) groups is 1. The predicted octanol–water partition coefficient (Wildman–Crippen LogP) is 4.40. The average molecular weight is 445 g/mol. The minimum absolute atomic E-state index is 0.180. The average Bonchev–Trinajstić information content (AvgIpc) is 2.77. The van der Waals surface area contributed by atoms with Crippen LogP contribution in [0.25, 0.3) is 0 Å². The number of para-hydroxylation sites is 1. The van der Waals surface area contributed by atoms with Crippen molar-refractivity contribution in [2.75, 3.05) is 25.5 Å². The molecule has 2 N–H and O–H groups in total. The van der Waals surface area contributed by atoms with Gasteiger partial charge in [-0.05, 0) is 49.2 Å². The van der Waals surface area contributed by atoms with Crippen molar-refractivity contribution in [3.05, 3.63) is 54.6 Å². The zero-order chi connectivity index (χ0) is 22.3. The maximum atomic E-state index is 12.5. The van der Waals surface area contributed by atoms with Crippen molar-refractivity contribution in [3.8, 4) is 11.5 Å². The van der Waals surface area contributed by atoms with Crippen LogP contribution in [0, 0.1) is 0 Å². The van der Waals surface area contributed by atoms with Gasteiger partial charge in [-0.15, -0.1) is 11.8 Å². The number of nitrogens with one attached hydrogen (secondary N) is 2. The van der Waals surface area contributed by atoms with E-state index in [0.717, 1.165) is 42.3 Å². The third-order valence-corrected chi connectivity index (χ3v) is 5.43. The minimum Gasteiger partial charge on any atom is -0.457 e. The zero-order valence-electron chi connectivity index (χ0n) is 18.3. The summed E-state index contributed by atoms with van der Waals surface area (Å²) < 4.78 is 11.3. The lowest BCUT2D eigenvalue weighted by Gasteiger charge is -2.17. The first-order valence-corrected chi connectivity index (χ1v) is 11.7. The summed E-state index contributed by atoms with van der Waals surface area (Å²) >= 11 is 1.51. The van der Waals surface area contributed by atoms with Gasteiger partial charge in [0, 0.05) is 37.3 Å². The quantitative estimate of drug-likeness (QED) is 0.334. The van der Waals surface area contributed by atoms with E-state index in [2.05, 4.69) is 17.6 Å². The Hall–Kier alpha value is -2.51. The molecule has 2 rings (SSSR count). The van der Waals surface area contributed by atoms with Crippen LogP contribution < -0.4 is 15.4 Å². The van der Waals surface area contributed by atoms with Gasteiger partial charge in [-0.3, -0.25) is 9.59 Å². The van der Waals surface area contributed by atoms with Gasteiger partial charge in [0.1, 0.15) is 17.5 Å². The van der Waals surface area contributed by atoms with Crippen LogP contribution in [0.1, 0.15) is 33.1 Å². The molecule has 0 aliphatic rings. The Morgan fingerprint density at radius 3 is 2.32 bits per heavy atom. The van der Waals surface area contributed by atoms with Gasteiger partial charge in [0.05, 0.1) is 0 Å². The fourth-order valence-corrected chi connectivity index (χ4v) is 3.62. The molecule has 0 saturated carbocycles. The fourth-order valence-electron chi connectivity index (χ4n) is 2.69. The van der Waals surface area contributed by atoms with Crippen molar-refractivity contribution in [3.63, 3.8) is 0 Å². The fraction of sp³-hybridized carbons (Fsp3) is 0.417. The van der Waals surface area contributed by atoms with Crippen LogP contribution in [0.4, 0.5) is 0 Å². The number of amides is 2. The monoisotopic (exact) mass is 444 g/mol. The molecule has 2 amide bonds. The Labute approximate surface area is 189 Å². The van der Waals surface area contributed by atoms with Gasteiger partial charge in [0.2, 0.25) is 11.8 Å². The van der Waals surface area contributed by atoms with Gasteiger partial charge in [0.15, 0.2) is 0 Å². The van der Waals surface area contributed by atoms with E-state index in [1.54, 1.807) is 0 Å². The molecule has 0 bridgehead atoms. The smallest absolute Gasteiger partial charge is 0.243 e. The van der Waals surface area contributed by atoms with Crippen molar-refractivity contribution in [1.82, 2.24) is 10.6 Å². The van der Waals surface area contributed by atoms with Crippen molar-refractivity contribution in [1.29, 1.82) is 0 Å². The van der Waals surface area contributed by atoms with E-state index in [1.165, 1.54) is 18.7 Å². The first-order valence-electron chi connectivity index (χ1n) is 10.7. The number of hydrogen-bond acceptors (Lipinski definition) is 5. The van der Waals surface area contributed by atoms with E-state index < -0.39 is 6.04 Å². The van der Waals surface area contributed by atoms with Crippen LogP contribution in [0.3, 0.4) is 0 Å². The lowest BCUT2D eigenvalue weighted by atomic mass is 10.3. The number of benzene rings is 2. The van der Waals surface area contributed by atoms with Crippen LogP contribution >= 0.6 is 11.8 Å². The van der Waals surface area contributed by atoms with Crippen LogP contribution in [-0.2, 0) is 14.3 Å². The lowest BCUT2D eigenvalue weighted by Crippen LogP contribution is -2.47. The second kappa shape index (κ2) is 14.5. The van der Waals surface area contributed by atoms with Crippen molar-refractivity contribution in [2.45, 2.75) is 44.0 Å². The maximum Gasteiger partial charge on any atom is 0.243 e.